The number of aliphatic hydroxyl groups excluding tert-OH is 1. The molecule has 0 aliphatic heterocycles. The van der Waals surface area contributed by atoms with Gasteiger partial charge >= 0.3 is 0 Å². The van der Waals surface area contributed by atoms with Crippen LogP contribution in [0.5, 0.6) is 0 Å². The number of hydrogen-bond donors (Lipinski definition) is 2. The van der Waals surface area contributed by atoms with Gasteiger partial charge in [-0.15, -0.1) is 0 Å². The maximum atomic E-state index is 12.7. The molecule has 0 aromatic heterocycles. The number of nitrogens with zero attached hydrogens (tertiary/aromatic N) is 1. The van der Waals surface area contributed by atoms with Crippen molar-refractivity contribution in [2.45, 2.75) is 50.7 Å². The fourth-order valence-corrected chi connectivity index (χ4v) is 4.30. The van der Waals surface area contributed by atoms with E-state index < -0.39 is 16.1 Å². The maximum Gasteiger partial charge on any atom is 0.241 e. The second kappa shape index (κ2) is 8.48. The summed E-state index contributed by atoms with van der Waals surface area (Å²) in [5.41, 5.74) is -0.0779. The van der Waals surface area contributed by atoms with E-state index in [2.05, 4.69) is 37.3 Å². The molecule has 2 N–H and O–H groups in total. The molecule has 2 aromatic carbocycles. The van der Waals surface area contributed by atoms with Gasteiger partial charge in [-0.05, 0) is 45.2 Å². The summed E-state index contributed by atoms with van der Waals surface area (Å²) in [6, 6.07) is 12.6. The fourth-order valence-electron chi connectivity index (χ4n) is 3.00. The van der Waals surface area contributed by atoms with Gasteiger partial charge in [-0.25, -0.2) is 13.1 Å². The summed E-state index contributed by atoms with van der Waals surface area (Å²) in [4.78, 5) is 2.41. The first-order chi connectivity index (χ1) is 12.1. The number of aliphatic hydroxyl groups is 1. The van der Waals surface area contributed by atoms with Gasteiger partial charge in [0.1, 0.15) is 0 Å². The normalized spacial score (nSPS) is 14.1. The summed E-state index contributed by atoms with van der Waals surface area (Å²) in [5.74, 6) is 0. The van der Waals surface area contributed by atoms with E-state index in [1.165, 1.54) is 0 Å². The number of β-amino-alcohol motifs (C(OH)–C–C–N with tert-alkyl or cyclic N) is 1. The largest absolute Gasteiger partial charge is 0.390 e. The van der Waals surface area contributed by atoms with Gasteiger partial charge < -0.3 is 5.11 Å². The highest BCUT2D eigenvalue weighted by atomic mass is 32.2. The quantitative estimate of drug-likeness (QED) is 0.741. The lowest BCUT2D eigenvalue weighted by Gasteiger charge is -2.36. The molecule has 1 atom stereocenters. The molecule has 0 spiro atoms. The average molecular weight is 379 g/mol. The second-order valence-corrected chi connectivity index (χ2v) is 9.34. The number of sulfonamides is 1. The molecule has 0 unspecified atom stereocenters. The number of nitrogens with one attached hydrogen (secondary N) is 1. The molecule has 144 valence electrons. The van der Waals surface area contributed by atoms with Gasteiger partial charge in [-0.3, -0.25) is 4.90 Å². The lowest BCUT2D eigenvalue weighted by molar-refractivity contribution is 0.0611. The zero-order valence-electron chi connectivity index (χ0n) is 16.1. The number of fused-ring (bicyclic) bond motifs is 1. The van der Waals surface area contributed by atoms with Gasteiger partial charge in [-0.1, -0.05) is 43.3 Å². The Morgan fingerprint density at radius 2 is 1.77 bits per heavy atom. The number of hydrogen-bond acceptors (Lipinski definition) is 4. The van der Waals surface area contributed by atoms with Crippen LogP contribution in [0.25, 0.3) is 10.8 Å². The van der Waals surface area contributed by atoms with Crippen LogP contribution in [0.4, 0.5) is 0 Å². The van der Waals surface area contributed by atoms with Crippen LogP contribution in [0.3, 0.4) is 0 Å². The van der Waals surface area contributed by atoms with Crippen molar-refractivity contribution >= 4 is 20.8 Å². The summed E-state index contributed by atoms with van der Waals surface area (Å²) < 4.78 is 28.0. The minimum absolute atomic E-state index is 0.0121. The molecule has 0 saturated carbocycles. The molecule has 0 heterocycles. The van der Waals surface area contributed by atoms with Crippen LogP contribution in [0, 0.1) is 0 Å². The Kier molecular flexibility index (Phi) is 6.80. The molecule has 6 heteroatoms. The zero-order valence-corrected chi connectivity index (χ0v) is 16.9. The maximum absolute atomic E-state index is 12.7. The average Bonchev–Trinajstić information content (AvgIpc) is 2.58. The smallest absolute Gasteiger partial charge is 0.241 e. The predicted molar refractivity (Wildman–Crippen MR) is 107 cm³/mol. The molecule has 5 nitrogen and oxygen atoms in total. The van der Waals surface area contributed by atoms with Gasteiger partial charge in [0.25, 0.3) is 0 Å². The van der Waals surface area contributed by atoms with Crippen molar-refractivity contribution in [1.29, 1.82) is 0 Å². The van der Waals surface area contributed by atoms with Crippen molar-refractivity contribution < 1.29 is 13.5 Å². The second-order valence-electron chi connectivity index (χ2n) is 7.60. The van der Waals surface area contributed by atoms with Gasteiger partial charge in [0.15, 0.2) is 0 Å². The monoisotopic (exact) mass is 378 g/mol. The van der Waals surface area contributed by atoms with Crippen LogP contribution in [-0.4, -0.2) is 49.7 Å². The molecule has 0 fully saturated rings. The van der Waals surface area contributed by atoms with Crippen molar-refractivity contribution in [3.8, 4) is 0 Å². The van der Waals surface area contributed by atoms with E-state index in [0.29, 0.717) is 11.9 Å². The molecule has 2 rings (SSSR count). The highest BCUT2D eigenvalue weighted by Crippen LogP contribution is 2.22. The Labute approximate surface area is 157 Å². The summed E-state index contributed by atoms with van der Waals surface area (Å²) in [6.07, 6.45) is 0.205. The van der Waals surface area contributed by atoms with Gasteiger partial charge in [0.05, 0.1) is 11.0 Å². The highest BCUT2D eigenvalue weighted by molar-refractivity contribution is 7.89. The van der Waals surface area contributed by atoms with E-state index in [4.69, 9.17) is 0 Å². The third kappa shape index (κ3) is 5.27. The van der Waals surface area contributed by atoms with E-state index >= 15 is 0 Å². The van der Waals surface area contributed by atoms with Crippen LogP contribution in [0.15, 0.2) is 47.4 Å². The zero-order chi connectivity index (χ0) is 19.4. The van der Waals surface area contributed by atoms with Crippen molar-refractivity contribution in [3.05, 3.63) is 42.5 Å². The van der Waals surface area contributed by atoms with E-state index in [-0.39, 0.29) is 17.0 Å². The summed E-state index contributed by atoms with van der Waals surface area (Å²) in [7, 11) is -3.69. The first kappa shape index (κ1) is 20.8. The van der Waals surface area contributed by atoms with Gasteiger partial charge in [0.2, 0.25) is 10.0 Å². The minimum Gasteiger partial charge on any atom is -0.390 e. The molecular formula is C20H30N2O3S. The van der Waals surface area contributed by atoms with E-state index in [1.807, 2.05) is 24.3 Å². The Bertz CT molecular complexity index is 823. The SMILES string of the molecule is CCCN(C[C@@H](O)CNS(=O)(=O)c1cccc2ccccc12)C(C)(C)C. The van der Waals surface area contributed by atoms with Crippen molar-refractivity contribution in [2.24, 2.45) is 0 Å². The molecule has 0 saturated heterocycles. The summed E-state index contributed by atoms with van der Waals surface area (Å²) in [5, 5.41) is 11.9. The predicted octanol–water partition coefficient (Wildman–Crippen LogP) is 2.99. The lowest BCUT2D eigenvalue weighted by atomic mass is 10.0. The molecule has 0 amide bonds. The molecule has 26 heavy (non-hydrogen) atoms. The minimum atomic E-state index is -3.69. The fraction of sp³-hybridized carbons (Fsp3) is 0.500. The Morgan fingerprint density at radius 1 is 1.12 bits per heavy atom. The lowest BCUT2D eigenvalue weighted by Crippen LogP contribution is -2.48. The number of benzene rings is 2. The van der Waals surface area contributed by atoms with Crippen molar-refractivity contribution in [3.63, 3.8) is 0 Å². The van der Waals surface area contributed by atoms with Crippen LogP contribution in [0.1, 0.15) is 34.1 Å². The summed E-state index contributed by atoms with van der Waals surface area (Å²) >= 11 is 0. The van der Waals surface area contributed by atoms with Gasteiger partial charge in [-0.2, -0.15) is 0 Å². The van der Waals surface area contributed by atoms with E-state index in [0.717, 1.165) is 18.4 Å². The highest BCUT2D eigenvalue weighted by Gasteiger charge is 2.24. The summed E-state index contributed by atoms with van der Waals surface area (Å²) in [6.45, 7) is 9.64. The Morgan fingerprint density at radius 3 is 2.42 bits per heavy atom. The topological polar surface area (TPSA) is 69.6 Å². The van der Waals surface area contributed by atoms with Crippen molar-refractivity contribution in [1.82, 2.24) is 9.62 Å². The third-order valence-electron chi connectivity index (χ3n) is 4.42. The molecule has 0 radical (unpaired) electrons. The van der Waals surface area contributed by atoms with Crippen molar-refractivity contribution in [2.75, 3.05) is 19.6 Å². The molecule has 0 bridgehead atoms. The third-order valence-corrected chi connectivity index (χ3v) is 5.90. The van der Waals surface area contributed by atoms with Crippen LogP contribution in [0.2, 0.25) is 0 Å². The first-order valence-corrected chi connectivity index (χ1v) is 10.5. The molecule has 2 aromatic rings. The van der Waals surface area contributed by atoms with Crippen LogP contribution < -0.4 is 4.72 Å². The van der Waals surface area contributed by atoms with E-state index in [1.54, 1.807) is 18.2 Å². The Hall–Kier alpha value is -1.47. The van der Waals surface area contributed by atoms with Crippen LogP contribution in [-0.2, 0) is 10.0 Å². The van der Waals surface area contributed by atoms with E-state index in [9.17, 15) is 13.5 Å². The first-order valence-electron chi connectivity index (χ1n) is 9.05. The molecule has 0 aliphatic rings. The Balaban J connectivity index is 2.10. The van der Waals surface area contributed by atoms with Gasteiger partial charge in [0, 0.05) is 24.0 Å². The standard InChI is InChI=1S/C20H30N2O3S/c1-5-13-22(20(2,3)4)15-17(23)14-21-26(24,25)19-12-8-10-16-9-6-7-11-18(16)19/h6-12,17,21,23H,5,13-15H2,1-4H3/t17-/m0/s1. The molecular weight excluding hydrogens is 348 g/mol. The molecule has 0 aliphatic carbocycles. The number of rotatable bonds is 8. The van der Waals surface area contributed by atoms with Crippen LogP contribution >= 0.6 is 0 Å².